The number of aromatic hydroxyl groups is 1. The van der Waals surface area contributed by atoms with Crippen LogP contribution in [0, 0.1) is 12.7 Å². The maximum atomic E-state index is 13.5. The van der Waals surface area contributed by atoms with Gasteiger partial charge in [-0.15, -0.1) is 0 Å². The lowest BCUT2D eigenvalue weighted by Gasteiger charge is -2.09. The second-order valence-corrected chi connectivity index (χ2v) is 5.51. The highest BCUT2D eigenvalue weighted by Gasteiger charge is 2.20. The Morgan fingerprint density at radius 3 is 2.58 bits per heavy atom. The molecule has 0 saturated carbocycles. The Morgan fingerprint density at radius 1 is 1.21 bits per heavy atom. The van der Waals surface area contributed by atoms with E-state index in [2.05, 4.69) is 9.71 Å². The zero-order valence-electron chi connectivity index (χ0n) is 9.96. The molecule has 2 N–H and O–H groups in total. The first kappa shape index (κ1) is 13.3. The number of benzene rings is 1. The molecule has 1 aromatic heterocycles. The van der Waals surface area contributed by atoms with Crippen molar-refractivity contribution in [2.75, 3.05) is 4.72 Å². The number of aromatic nitrogens is 1. The lowest BCUT2D eigenvalue weighted by molar-refractivity contribution is 0.475. The molecule has 7 heteroatoms. The average molecular weight is 282 g/mol. The van der Waals surface area contributed by atoms with Crippen LogP contribution in [0.4, 0.5) is 10.2 Å². The Balaban J connectivity index is 2.43. The molecule has 0 unspecified atom stereocenters. The van der Waals surface area contributed by atoms with Crippen LogP contribution in [0.2, 0.25) is 0 Å². The molecule has 5 nitrogen and oxygen atoms in total. The smallest absolute Gasteiger partial charge is 0.266 e. The van der Waals surface area contributed by atoms with Crippen LogP contribution in [0.25, 0.3) is 0 Å². The van der Waals surface area contributed by atoms with E-state index in [0.29, 0.717) is 5.69 Å². The van der Waals surface area contributed by atoms with E-state index in [0.717, 1.165) is 12.1 Å². The second kappa shape index (κ2) is 4.85. The molecular weight excluding hydrogens is 271 g/mol. The first-order chi connectivity index (χ1) is 8.90. The molecule has 0 aliphatic carbocycles. The number of aryl methyl sites for hydroxylation is 1. The van der Waals surface area contributed by atoms with Crippen LogP contribution in [0.5, 0.6) is 5.75 Å². The summed E-state index contributed by atoms with van der Waals surface area (Å²) in [6.07, 6.45) is 0. The quantitative estimate of drug-likeness (QED) is 0.902. The minimum atomic E-state index is -4.13. The summed E-state index contributed by atoms with van der Waals surface area (Å²) >= 11 is 0. The van der Waals surface area contributed by atoms with E-state index < -0.39 is 20.7 Å². The molecule has 1 aromatic carbocycles. The van der Waals surface area contributed by atoms with E-state index in [1.54, 1.807) is 6.92 Å². The van der Waals surface area contributed by atoms with E-state index in [9.17, 15) is 17.9 Å². The molecule has 0 saturated heterocycles. The maximum Gasteiger partial charge on any atom is 0.266 e. The van der Waals surface area contributed by atoms with Gasteiger partial charge in [0.05, 0.1) is 0 Å². The third-order valence-corrected chi connectivity index (χ3v) is 3.74. The first-order valence-corrected chi connectivity index (χ1v) is 6.82. The fourth-order valence-electron chi connectivity index (χ4n) is 1.47. The van der Waals surface area contributed by atoms with Crippen molar-refractivity contribution in [2.24, 2.45) is 0 Å². The predicted octanol–water partition coefficient (Wildman–Crippen LogP) is 2.04. The van der Waals surface area contributed by atoms with E-state index in [1.165, 1.54) is 24.3 Å². The minimum Gasteiger partial charge on any atom is -0.504 e. The second-order valence-electron chi connectivity index (χ2n) is 3.86. The number of rotatable bonds is 3. The molecule has 19 heavy (non-hydrogen) atoms. The average Bonchev–Trinajstić information content (AvgIpc) is 2.34. The number of anilines is 1. The Kier molecular flexibility index (Phi) is 3.39. The maximum absolute atomic E-state index is 13.5. The van der Waals surface area contributed by atoms with Crippen LogP contribution in [0.15, 0.2) is 41.3 Å². The van der Waals surface area contributed by atoms with Gasteiger partial charge < -0.3 is 5.11 Å². The standard InChI is InChI=1S/C12H11FN2O3S/c1-8-6-7-10(16)12(14-8)15-19(17,18)11-5-3-2-4-9(11)13/h2-7,16H,1H3,(H,14,15). The summed E-state index contributed by atoms with van der Waals surface area (Å²) in [5.74, 6) is -1.43. The van der Waals surface area contributed by atoms with Crippen molar-refractivity contribution in [3.63, 3.8) is 0 Å². The van der Waals surface area contributed by atoms with E-state index in [-0.39, 0.29) is 11.6 Å². The van der Waals surface area contributed by atoms with Crippen molar-refractivity contribution in [2.45, 2.75) is 11.8 Å². The van der Waals surface area contributed by atoms with E-state index in [4.69, 9.17) is 0 Å². The lowest BCUT2D eigenvalue weighted by atomic mass is 10.3. The van der Waals surface area contributed by atoms with Crippen LogP contribution in [0.3, 0.4) is 0 Å². The van der Waals surface area contributed by atoms with Crippen molar-refractivity contribution in [3.8, 4) is 5.75 Å². The number of hydrogen-bond donors (Lipinski definition) is 2. The molecule has 2 aromatic rings. The van der Waals surface area contributed by atoms with Crippen molar-refractivity contribution in [3.05, 3.63) is 47.9 Å². The molecule has 0 atom stereocenters. The molecule has 0 radical (unpaired) electrons. The van der Waals surface area contributed by atoms with Crippen LogP contribution < -0.4 is 4.72 Å². The van der Waals surface area contributed by atoms with Gasteiger partial charge >= 0.3 is 0 Å². The zero-order valence-corrected chi connectivity index (χ0v) is 10.8. The number of hydrogen-bond acceptors (Lipinski definition) is 4. The van der Waals surface area contributed by atoms with Crippen molar-refractivity contribution in [1.82, 2.24) is 4.98 Å². The summed E-state index contributed by atoms with van der Waals surface area (Å²) in [6.45, 7) is 1.64. The van der Waals surface area contributed by atoms with Crippen LogP contribution in [-0.2, 0) is 10.0 Å². The van der Waals surface area contributed by atoms with E-state index >= 15 is 0 Å². The number of nitrogens with zero attached hydrogens (tertiary/aromatic N) is 1. The SMILES string of the molecule is Cc1ccc(O)c(NS(=O)(=O)c2ccccc2F)n1. The molecule has 1 heterocycles. The highest BCUT2D eigenvalue weighted by molar-refractivity contribution is 7.92. The van der Waals surface area contributed by atoms with Gasteiger partial charge in [0.25, 0.3) is 10.0 Å². The molecule has 100 valence electrons. The number of nitrogens with one attached hydrogen (secondary N) is 1. The fourth-order valence-corrected chi connectivity index (χ4v) is 2.57. The van der Waals surface area contributed by atoms with Crippen LogP contribution in [-0.4, -0.2) is 18.5 Å². The van der Waals surface area contributed by atoms with Gasteiger partial charge in [-0.3, -0.25) is 4.72 Å². The monoisotopic (exact) mass is 282 g/mol. The molecule has 0 fully saturated rings. The molecule has 2 rings (SSSR count). The Bertz CT molecular complexity index is 717. The molecule has 0 bridgehead atoms. The highest BCUT2D eigenvalue weighted by Crippen LogP contribution is 2.24. The predicted molar refractivity (Wildman–Crippen MR) is 67.8 cm³/mol. The summed E-state index contributed by atoms with van der Waals surface area (Å²) in [5, 5.41) is 9.53. The number of sulfonamides is 1. The van der Waals surface area contributed by atoms with Gasteiger partial charge in [-0.2, -0.15) is 0 Å². The fraction of sp³-hybridized carbons (Fsp3) is 0.0833. The minimum absolute atomic E-state index is 0.233. The van der Waals surface area contributed by atoms with Gasteiger partial charge in [0.15, 0.2) is 11.6 Å². The molecule has 0 spiro atoms. The van der Waals surface area contributed by atoms with Crippen molar-refractivity contribution >= 4 is 15.8 Å². The normalized spacial score (nSPS) is 11.3. The summed E-state index contributed by atoms with van der Waals surface area (Å²) in [5.41, 5.74) is 0.518. The zero-order chi connectivity index (χ0) is 14.0. The Hall–Kier alpha value is -2.15. The lowest BCUT2D eigenvalue weighted by Crippen LogP contribution is -2.15. The van der Waals surface area contributed by atoms with Crippen LogP contribution in [0.1, 0.15) is 5.69 Å². The number of pyridine rings is 1. The first-order valence-electron chi connectivity index (χ1n) is 5.34. The molecule has 0 aliphatic heterocycles. The third kappa shape index (κ3) is 2.82. The molecule has 0 amide bonds. The summed E-state index contributed by atoms with van der Waals surface area (Å²) in [6, 6.07) is 7.79. The number of halogens is 1. The third-order valence-electron chi connectivity index (χ3n) is 2.37. The highest BCUT2D eigenvalue weighted by atomic mass is 32.2. The largest absolute Gasteiger partial charge is 0.504 e. The van der Waals surface area contributed by atoms with Crippen molar-refractivity contribution in [1.29, 1.82) is 0 Å². The van der Waals surface area contributed by atoms with Gasteiger partial charge in [-0.1, -0.05) is 12.1 Å². The molecule has 0 aliphatic rings. The summed E-state index contributed by atoms with van der Waals surface area (Å²) < 4.78 is 39.5. The Morgan fingerprint density at radius 2 is 1.89 bits per heavy atom. The van der Waals surface area contributed by atoms with Gasteiger partial charge in [0.2, 0.25) is 0 Å². The van der Waals surface area contributed by atoms with Gasteiger partial charge in [-0.05, 0) is 31.2 Å². The summed E-state index contributed by atoms with van der Waals surface area (Å²) in [7, 11) is -4.13. The summed E-state index contributed by atoms with van der Waals surface area (Å²) in [4.78, 5) is 3.35. The van der Waals surface area contributed by atoms with Crippen molar-refractivity contribution < 1.29 is 17.9 Å². The Labute approximate surface area is 109 Å². The van der Waals surface area contributed by atoms with Gasteiger partial charge in [0, 0.05) is 5.69 Å². The van der Waals surface area contributed by atoms with Gasteiger partial charge in [0.1, 0.15) is 10.7 Å². The van der Waals surface area contributed by atoms with Crippen LogP contribution >= 0.6 is 0 Å². The topological polar surface area (TPSA) is 79.3 Å². The van der Waals surface area contributed by atoms with Gasteiger partial charge in [-0.25, -0.2) is 17.8 Å². The van der Waals surface area contributed by atoms with E-state index in [1.807, 2.05) is 0 Å². The molecular formula is C12H11FN2O3S.